The molecule has 176 valence electrons. The minimum absolute atomic E-state index is 0.0824. The van der Waals surface area contributed by atoms with Crippen molar-refractivity contribution in [3.05, 3.63) is 58.2 Å². The number of hydrogen-bond donors (Lipinski definition) is 2. The molecule has 9 nitrogen and oxygen atoms in total. The van der Waals surface area contributed by atoms with Gasteiger partial charge in [0.2, 0.25) is 11.0 Å². The Balaban J connectivity index is 1.46. The molecule has 2 atom stereocenters. The van der Waals surface area contributed by atoms with Crippen LogP contribution in [0.15, 0.2) is 52.8 Å². The van der Waals surface area contributed by atoms with Gasteiger partial charge in [-0.1, -0.05) is 53.4 Å². The molecule has 3 N–H and O–H groups in total. The van der Waals surface area contributed by atoms with Gasteiger partial charge in [0, 0.05) is 36.7 Å². The maximum Gasteiger partial charge on any atom is 0.352 e. The van der Waals surface area contributed by atoms with Gasteiger partial charge in [-0.25, -0.2) is 9.78 Å². The number of amides is 1. The molecule has 2 aliphatic heterocycles. The monoisotopic (exact) mass is 516 g/mol. The zero-order valence-corrected chi connectivity index (χ0v) is 20.4. The van der Waals surface area contributed by atoms with Crippen LogP contribution >= 0.6 is 34.9 Å². The molecule has 12 heteroatoms. The smallest absolute Gasteiger partial charge is 0.352 e. The summed E-state index contributed by atoms with van der Waals surface area (Å²) in [6.07, 6.45) is 1.39. The molecule has 0 unspecified atom stereocenters. The van der Waals surface area contributed by atoms with Crippen molar-refractivity contribution >= 4 is 68.5 Å². The molecular weight excluding hydrogens is 496 g/mol. The van der Waals surface area contributed by atoms with Crippen LogP contribution in [0.5, 0.6) is 0 Å². The first-order valence-corrected chi connectivity index (χ1v) is 13.0. The number of nitrogens with zero attached hydrogens (tertiary/aromatic N) is 3. The van der Waals surface area contributed by atoms with E-state index in [0.29, 0.717) is 26.9 Å². The van der Waals surface area contributed by atoms with Gasteiger partial charge in [-0.3, -0.25) is 24.3 Å². The number of rotatable bonds is 8. The van der Waals surface area contributed by atoms with E-state index in [4.69, 9.17) is 5.73 Å². The summed E-state index contributed by atoms with van der Waals surface area (Å²) in [6, 6.07) is 8.72. The van der Waals surface area contributed by atoms with E-state index in [2.05, 4.69) is 9.98 Å². The molecular formula is C22H20N4O5S3. The number of aliphatic imine (C=N–C) groups is 1. The second kappa shape index (κ2) is 10.1. The molecule has 0 aliphatic carbocycles. The Labute approximate surface area is 207 Å². The Hall–Kier alpha value is -2.96. The van der Waals surface area contributed by atoms with Crippen LogP contribution in [0.2, 0.25) is 0 Å². The fourth-order valence-corrected chi connectivity index (χ4v) is 6.93. The van der Waals surface area contributed by atoms with Gasteiger partial charge in [-0.05, 0) is 5.57 Å². The third-order valence-electron chi connectivity index (χ3n) is 5.40. The predicted molar refractivity (Wildman–Crippen MR) is 133 cm³/mol. The minimum Gasteiger partial charge on any atom is -0.477 e. The molecule has 1 aromatic carbocycles. The van der Waals surface area contributed by atoms with Crippen LogP contribution in [0.4, 0.5) is 5.13 Å². The lowest BCUT2D eigenvalue weighted by molar-refractivity contribution is -0.153. The van der Waals surface area contributed by atoms with Crippen molar-refractivity contribution in [2.24, 2.45) is 10.9 Å². The molecule has 0 radical (unpaired) electrons. The van der Waals surface area contributed by atoms with Gasteiger partial charge >= 0.3 is 5.97 Å². The molecule has 34 heavy (non-hydrogen) atoms. The molecule has 3 heterocycles. The fraction of sp³-hybridized carbons (Fsp3) is 0.273. The lowest BCUT2D eigenvalue weighted by atomic mass is 9.89. The van der Waals surface area contributed by atoms with E-state index in [9.17, 15) is 24.3 Å². The van der Waals surface area contributed by atoms with E-state index in [1.807, 2.05) is 6.07 Å². The number of carbonyl (C=O) groups is 4. The number of hydrogen-bond acceptors (Lipinski definition) is 10. The summed E-state index contributed by atoms with van der Waals surface area (Å²) < 4.78 is 0. The first-order chi connectivity index (χ1) is 16.3. The molecule has 2 aromatic rings. The average Bonchev–Trinajstić information content (AvgIpc) is 3.26. The number of fused-ring (bicyclic) bond motifs is 1. The highest BCUT2D eigenvalue weighted by molar-refractivity contribution is 8.14. The topological polar surface area (TPSA) is 143 Å². The summed E-state index contributed by atoms with van der Waals surface area (Å²) >= 11 is 3.54. The number of nitrogens with two attached hydrogens (primary N) is 1. The summed E-state index contributed by atoms with van der Waals surface area (Å²) in [5.41, 5.74) is 6.79. The number of carboxylic acids is 1. The highest BCUT2D eigenvalue weighted by Crippen LogP contribution is 2.46. The van der Waals surface area contributed by atoms with Gasteiger partial charge < -0.3 is 10.8 Å². The number of carbonyl (C=O) groups excluding carboxylic acids is 3. The van der Waals surface area contributed by atoms with Gasteiger partial charge in [0.15, 0.2) is 10.9 Å². The minimum atomic E-state index is -1.22. The summed E-state index contributed by atoms with van der Waals surface area (Å²) in [7, 11) is 1.49. The predicted octanol–water partition coefficient (Wildman–Crippen LogP) is 2.55. The van der Waals surface area contributed by atoms with Gasteiger partial charge in [0.05, 0.1) is 16.2 Å². The Morgan fingerprint density at radius 3 is 2.65 bits per heavy atom. The van der Waals surface area contributed by atoms with Crippen molar-refractivity contribution in [2.45, 2.75) is 11.8 Å². The second-order valence-electron chi connectivity index (χ2n) is 7.48. The van der Waals surface area contributed by atoms with Crippen molar-refractivity contribution in [1.82, 2.24) is 9.88 Å². The van der Waals surface area contributed by atoms with Gasteiger partial charge in [-0.2, -0.15) is 0 Å². The van der Waals surface area contributed by atoms with E-state index >= 15 is 0 Å². The molecule has 1 saturated heterocycles. The third-order valence-corrected chi connectivity index (χ3v) is 8.62. The van der Waals surface area contributed by atoms with Crippen molar-refractivity contribution in [1.29, 1.82) is 0 Å². The maximum absolute atomic E-state index is 12.9. The number of carboxylic acid groups (broad SMARTS) is 1. The number of aromatic nitrogens is 1. The number of nitrogen functional groups attached to an aromatic ring is 1. The number of aliphatic carboxylic acids is 1. The summed E-state index contributed by atoms with van der Waals surface area (Å²) in [6.45, 7) is 0. The van der Waals surface area contributed by atoms with Gasteiger partial charge in [-0.15, -0.1) is 11.8 Å². The van der Waals surface area contributed by atoms with Crippen LogP contribution in [0.1, 0.15) is 21.7 Å². The Morgan fingerprint density at radius 2 is 2.03 bits per heavy atom. The van der Waals surface area contributed by atoms with Gasteiger partial charge in [0.25, 0.3) is 0 Å². The Bertz CT molecular complexity index is 1220. The second-order valence-corrected chi connectivity index (χ2v) is 10.6. The largest absolute Gasteiger partial charge is 0.477 e. The average molecular weight is 517 g/mol. The first kappa shape index (κ1) is 24.2. The SMILES string of the molecule is CN=C(C(=O)C[C@@H]1C(=O)N2C(C(=O)O)=C(CSC(=O)c3ccccc3)CS[C@H]12)c1cnc(N)s1. The number of β-lactam (4-membered cyclic amide) rings is 1. The molecule has 0 saturated carbocycles. The number of anilines is 1. The first-order valence-electron chi connectivity index (χ1n) is 10.2. The Morgan fingerprint density at radius 1 is 1.29 bits per heavy atom. The lowest BCUT2D eigenvalue weighted by Gasteiger charge is -2.49. The summed E-state index contributed by atoms with van der Waals surface area (Å²) in [5.74, 6) is -2.08. The number of Topliss-reactive ketones (excluding diaryl/α,β-unsaturated/α-hetero) is 1. The van der Waals surface area contributed by atoms with E-state index in [1.165, 1.54) is 29.9 Å². The van der Waals surface area contributed by atoms with E-state index in [0.717, 1.165) is 23.1 Å². The van der Waals surface area contributed by atoms with Crippen molar-refractivity contribution in [2.75, 3.05) is 24.3 Å². The zero-order chi connectivity index (χ0) is 24.4. The number of thiazole rings is 1. The lowest BCUT2D eigenvalue weighted by Crippen LogP contribution is -2.62. The van der Waals surface area contributed by atoms with E-state index in [-0.39, 0.29) is 34.5 Å². The number of ketones is 1. The number of thioether (sulfide) groups is 2. The van der Waals surface area contributed by atoms with Crippen molar-refractivity contribution in [3.63, 3.8) is 0 Å². The third kappa shape index (κ3) is 4.65. The highest BCUT2D eigenvalue weighted by Gasteiger charge is 2.54. The molecule has 1 amide bonds. The van der Waals surface area contributed by atoms with Crippen LogP contribution in [-0.4, -0.2) is 67.4 Å². The molecule has 4 rings (SSSR count). The summed E-state index contributed by atoms with van der Waals surface area (Å²) in [4.78, 5) is 60.0. The van der Waals surface area contributed by atoms with Gasteiger partial charge in [0.1, 0.15) is 11.4 Å². The zero-order valence-electron chi connectivity index (χ0n) is 18.0. The van der Waals surface area contributed by atoms with E-state index in [1.54, 1.807) is 24.3 Å². The van der Waals surface area contributed by atoms with Crippen LogP contribution in [0.3, 0.4) is 0 Å². The molecule has 0 bridgehead atoms. The Kier molecular flexibility index (Phi) is 7.19. The summed E-state index contributed by atoms with van der Waals surface area (Å²) in [5, 5.41) is 9.51. The van der Waals surface area contributed by atoms with Crippen LogP contribution in [-0.2, 0) is 14.4 Å². The molecule has 0 spiro atoms. The standard InChI is InChI=1S/C22H20N4O5S3/c1-24-16(15-8-25-22(23)34-15)14(27)7-13-18(28)26-17(20(29)30)12(9-32-19(13)26)10-33-21(31)11-5-3-2-4-6-11/h2-6,8,13,19H,7,9-10H2,1H3,(H2,23,25)(H,29,30)/t13-,19-/m1/s1. The quantitative estimate of drug-likeness (QED) is 0.400. The molecule has 2 aliphatic rings. The maximum atomic E-state index is 12.9. The van der Waals surface area contributed by atoms with Crippen LogP contribution in [0, 0.1) is 5.92 Å². The van der Waals surface area contributed by atoms with Crippen molar-refractivity contribution in [3.8, 4) is 0 Å². The number of benzene rings is 1. The molecule has 1 aromatic heterocycles. The highest BCUT2D eigenvalue weighted by atomic mass is 32.2. The van der Waals surface area contributed by atoms with Crippen molar-refractivity contribution < 1.29 is 24.3 Å². The van der Waals surface area contributed by atoms with Crippen LogP contribution < -0.4 is 5.73 Å². The van der Waals surface area contributed by atoms with Crippen LogP contribution in [0.25, 0.3) is 0 Å². The van der Waals surface area contributed by atoms with E-state index < -0.39 is 23.2 Å². The fourth-order valence-electron chi connectivity index (χ4n) is 3.81. The normalized spacial score (nSPS) is 20.1. The molecule has 1 fully saturated rings.